The summed E-state index contributed by atoms with van der Waals surface area (Å²) in [6.45, 7) is 1.37. The molecule has 0 radical (unpaired) electrons. The van der Waals surface area contributed by atoms with Crippen molar-refractivity contribution in [1.82, 2.24) is 0 Å². The first-order chi connectivity index (χ1) is 12.0. The third-order valence-electron chi connectivity index (χ3n) is 4.49. The van der Waals surface area contributed by atoms with Crippen LogP contribution >= 0.6 is 70.4 Å². The molecule has 0 bridgehead atoms. The van der Waals surface area contributed by atoms with Gasteiger partial charge < -0.3 is 9.80 Å². The van der Waals surface area contributed by atoms with E-state index in [1.807, 2.05) is 24.1 Å². The van der Waals surface area contributed by atoms with Crippen molar-refractivity contribution >= 4 is 92.5 Å². The quantitative estimate of drug-likeness (QED) is 0.189. The van der Waals surface area contributed by atoms with Gasteiger partial charge in [-0.05, 0) is 22.4 Å². The van der Waals surface area contributed by atoms with Gasteiger partial charge in [-0.2, -0.15) is 0 Å². The molecule has 136 valence electrons. The van der Waals surface area contributed by atoms with Gasteiger partial charge in [-0.25, -0.2) is 0 Å². The Bertz CT molecular complexity index is 993. The fraction of sp³-hybridized carbons (Fsp3) is 0.158. The fourth-order valence-corrected chi connectivity index (χ4v) is 4.43. The molecule has 0 aliphatic carbocycles. The SMILES string of the molecule is CN1CN(Cc2ccc3ccccc3c2)c2c(Cl)c(Cl)c(Cl)c(Cl)c21.I. The minimum Gasteiger partial charge on any atom is -0.354 e. The molecule has 3 aromatic rings. The van der Waals surface area contributed by atoms with Crippen LogP contribution in [0.5, 0.6) is 0 Å². The van der Waals surface area contributed by atoms with E-state index in [-0.39, 0.29) is 24.0 Å². The number of halogens is 5. The van der Waals surface area contributed by atoms with Crippen LogP contribution in [0.25, 0.3) is 10.8 Å². The molecule has 0 aromatic heterocycles. The zero-order chi connectivity index (χ0) is 17.7. The van der Waals surface area contributed by atoms with Crippen molar-refractivity contribution in [3.8, 4) is 0 Å². The third-order valence-corrected chi connectivity index (χ3v) is 6.27. The molecule has 0 saturated carbocycles. The van der Waals surface area contributed by atoms with Gasteiger partial charge in [0.15, 0.2) is 0 Å². The van der Waals surface area contributed by atoms with Gasteiger partial charge in [-0.15, -0.1) is 24.0 Å². The molecule has 2 nitrogen and oxygen atoms in total. The van der Waals surface area contributed by atoms with Crippen LogP contribution < -0.4 is 9.80 Å². The van der Waals surface area contributed by atoms with Crippen molar-refractivity contribution in [1.29, 1.82) is 0 Å². The van der Waals surface area contributed by atoms with Gasteiger partial charge in [0.05, 0.1) is 38.1 Å². The van der Waals surface area contributed by atoms with E-state index >= 15 is 0 Å². The van der Waals surface area contributed by atoms with E-state index in [9.17, 15) is 0 Å². The molecule has 0 amide bonds. The summed E-state index contributed by atoms with van der Waals surface area (Å²) in [5.74, 6) is 0. The summed E-state index contributed by atoms with van der Waals surface area (Å²) in [5.41, 5.74) is 2.84. The number of rotatable bonds is 2. The zero-order valence-corrected chi connectivity index (χ0v) is 19.1. The smallest absolute Gasteiger partial charge is 0.0905 e. The summed E-state index contributed by atoms with van der Waals surface area (Å²) in [7, 11) is 1.96. The maximum Gasteiger partial charge on any atom is 0.0905 e. The number of nitrogens with zero attached hydrogens (tertiary/aromatic N) is 2. The first-order valence-corrected chi connectivity index (χ1v) is 9.28. The Kier molecular flexibility index (Phi) is 6.05. The van der Waals surface area contributed by atoms with Gasteiger partial charge in [0, 0.05) is 13.6 Å². The second-order valence-electron chi connectivity index (χ2n) is 6.17. The molecule has 3 aromatic carbocycles. The van der Waals surface area contributed by atoms with Gasteiger partial charge >= 0.3 is 0 Å². The highest BCUT2D eigenvalue weighted by molar-refractivity contribution is 14.0. The lowest BCUT2D eigenvalue weighted by molar-refractivity contribution is 0.817. The van der Waals surface area contributed by atoms with E-state index < -0.39 is 0 Å². The maximum absolute atomic E-state index is 6.49. The highest BCUT2D eigenvalue weighted by Crippen LogP contribution is 2.53. The molecule has 0 atom stereocenters. The monoisotopic (exact) mass is 538 g/mol. The minimum atomic E-state index is 0. The van der Waals surface area contributed by atoms with Gasteiger partial charge in [-0.3, -0.25) is 0 Å². The summed E-state index contributed by atoms with van der Waals surface area (Å²) in [4.78, 5) is 4.20. The van der Waals surface area contributed by atoms with Crippen LogP contribution in [-0.4, -0.2) is 13.7 Å². The lowest BCUT2D eigenvalue weighted by Gasteiger charge is -2.21. The van der Waals surface area contributed by atoms with Crippen LogP contribution in [0.15, 0.2) is 42.5 Å². The van der Waals surface area contributed by atoms with E-state index in [1.54, 1.807) is 0 Å². The Labute approximate surface area is 189 Å². The van der Waals surface area contributed by atoms with Crippen LogP contribution in [0.4, 0.5) is 11.4 Å². The van der Waals surface area contributed by atoms with E-state index in [1.165, 1.54) is 16.3 Å². The average molecular weight is 540 g/mol. The van der Waals surface area contributed by atoms with Gasteiger partial charge in [-0.1, -0.05) is 82.8 Å². The Morgan fingerprint density at radius 1 is 0.808 bits per heavy atom. The minimum absolute atomic E-state index is 0. The van der Waals surface area contributed by atoms with Crippen molar-refractivity contribution in [3.05, 3.63) is 68.1 Å². The Balaban J connectivity index is 0.00000196. The van der Waals surface area contributed by atoms with Crippen molar-refractivity contribution in [2.75, 3.05) is 23.5 Å². The van der Waals surface area contributed by atoms with Crippen LogP contribution in [0, 0.1) is 0 Å². The predicted molar refractivity (Wildman–Crippen MR) is 125 cm³/mol. The Morgan fingerprint density at radius 3 is 2.12 bits per heavy atom. The van der Waals surface area contributed by atoms with Crippen molar-refractivity contribution in [2.45, 2.75) is 6.54 Å². The number of hydrogen-bond acceptors (Lipinski definition) is 2. The van der Waals surface area contributed by atoms with E-state index in [2.05, 4.69) is 35.2 Å². The third kappa shape index (κ3) is 3.33. The number of anilines is 2. The van der Waals surface area contributed by atoms with Crippen molar-refractivity contribution in [3.63, 3.8) is 0 Å². The van der Waals surface area contributed by atoms with Crippen LogP contribution in [-0.2, 0) is 6.54 Å². The Hall–Kier alpha value is -0.590. The molecule has 4 rings (SSSR count). The second-order valence-corrected chi connectivity index (χ2v) is 7.68. The van der Waals surface area contributed by atoms with Crippen LogP contribution in [0.1, 0.15) is 5.56 Å². The first kappa shape index (κ1) is 20.2. The molecular formula is C19H15Cl4IN2. The molecule has 26 heavy (non-hydrogen) atoms. The molecule has 0 saturated heterocycles. The Morgan fingerprint density at radius 2 is 1.42 bits per heavy atom. The lowest BCUT2D eigenvalue weighted by Crippen LogP contribution is -2.27. The van der Waals surface area contributed by atoms with E-state index in [4.69, 9.17) is 46.4 Å². The molecule has 7 heteroatoms. The predicted octanol–water partition coefficient (Wildman–Crippen LogP) is 7.49. The number of fused-ring (bicyclic) bond motifs is 2. The highest BCUT2D eigenvalue weighted by atomic mass is 127. The molecule has 1 aliphatic heterocycles. The number of benzene rings is 3. The summed E-state index contributed by atoms with van der Waals surface area (Å²) in [5, 5.41) is 3.91. The normalized spacial score (nSPS) is 13.1. The van der Waals surface area contributed by atoms with Gasteiger partial charge in [0.1, 0.15) is 0 Å². The lowest BCUT2D eigenvalue weighted by atomic mass is 10.1. The molecule has 1 aliphatic rings. The van der Waals surface area contributed by atoms with Crippen LogP contribution in [0.3, 0.4) is 0 Å². The van der Waals surface area contributed by atoms with E-state index in [0.29, 0.717) is 33.3 Å². The average Bonchev–Trinajstić information content (AvgIpc) is 2.94. The highest BCUT2D eigenvalue weighted by Gasteiger charge is 2.32. The van der Waals surface area contributed by atoms with Crippen molar-refractivity contribution < 1.29 is 0 Å². The van der Waals surface area contributed by atoms with Gasteiger partial charge in [0.25, 0.3) is 0 Å². The topological polar surface area (TPSA) is 6.48 Å². The van der Waals surface area contributed by atoms with Gasteiger partial charge in [0.2, 0.25) is 0 Å². The van der Waals surface area contributed by atoms with Crippen molar-refractivity contribution in [2.24, 2.45) is 0 Å². The summed E-state index contributed by atoms with van der Waals surface area (Å²) in [6.07, 6.45) is 0. The molecule has 0 fully saturated rings. The molecular weight excluding hydrogens is 525 g/mol. The fourth-order valence-electron chi connectivity index (χ4n) is 3.33. The molecule has 1 heterocycles. The second kappa shape index (κ2) is 7.80. The van der Waals surface area contributed by atoms with E-state index in [0.717, 1.165) is 11.4 Å². The largest absolute Gasteiger partial charge is 0.354 e. The maximum atomic E-state index is 6.49. The zero-order valence-electron chi connectivity index (χ0n) is 13.8. The first-order valence-electron chi connectivity index (χ1n) is 7.77. The molecule has 0 spiro atoms. The summed E-state index contributed by atoms with van der Waals surface area (Å²) < 4.78 is 0. The molecule has 0 unspecified atom stereocenters. The van der Waals surface area contributed by atoms with Crippen LogP contribution in [0.2, 0.25) is 20.1 Å². The molecule has 0 N–H and O–H groups in total. The standard InChI is InChI=1S/C19H14Cl4N2.HI/c1-24-10-25(19-17(23)15(21)14(20)16(22)18(19)24)9-11-6-7-12-4-2-3-5-13(12)8-11;/h2-8H,9-10H2,1H3;1H. The number of hydrogen-bond donors (Lipinski definition) is 0. The summed E-state index contributed by atoms with van der Waals surface area (Å²) in [6, 6.07) is 14.8. The summed E-state index contributed by atoms with van der Waals surface area (Å²) >= 11 is 25.4.